The third-order valence-corrected chi connectivity index (χ3v) is 5.07. The highest BCUT2D eigenvalue weighted by Crippen LogP contribution is 2.20. The lowest BCUT2D eigenvalue weighted by Gasteiger charge is -2.33. The zero-order valence-electron chi connectivity index (χ0n) is 16.0. The van der Waals surface area contributed by atoms with Gasteiger partial charge in [0, 0.05) is 51.4 Å². The number of halogens is 2. The first kappa shape index (κ1) is 21.3. The third-order valence-electron chi connectivity index (χ3n) is 5.07. The highest BCUT2D eigenvalue weighted by Gasteiger charge is 2.28. The lowest BCUT2D eigenvalue weighted by atomic mass is 9.95. The van der Waals surface area contributed by atoms with Crippen molar-refractivity contribution in [3.63, 3.8) is 0 Å². The molecule has 27 heavy (non-hydrogen) atoms. The molecule has 0 saturated carbocycles. The fraction of sp³-hybridized carbons (Fsp3) is 0.722. The number of imidazole rings is 1. The van der Waals surface area contributed by atoms with Gasteiger partial charge in [0.15, 0.2) is 0 Å². The second kappa shape index (κ2) is 10.3. The van der Waals surface area contributed by atoms with Gasteiger partial charge in [-0.25, -0.2) is 13.8 Å². The Bertz CT molecular complexity index is 589. The number of likely N-dealkylation sites (N-methyl/N-ethyl adjacent to an activating group) is 2. The summed E-state index contributed by atoms with van der Waals surface area (Å²) in [4.78, 5) is 36.6. The molecule has 152 valence electrons. The molecule has 1 saturated heterocycles. The summed E-state index contributed by atoms with van der Waals surface area (Å²) < 4.78 is 24.9. The monoisotopic (exact) mass is 385 g/mol. The zero-order chi connectivity index (χ0) is 19.8. The lowest BCUT2D eigenvalue weighted by molar-refractivity contribution is -0.137. The number of likely N-dealkylation sites (tertiary alicyclic amines) is 1. The van der Waals surface area contributed by atoms with Crippen LogP contribution >= 0.6 is 0 Å². The Morgan fingerprint density at radius 3 is 2.52 bits per heavy atom. The SMILES string of the molecule is CN(CCN(C)C(=O)C1CCN(CC(F)F)CC1)C(=O)CCc1cnc[nH]1. The number of carbonyl (C=O) groups is 2. The number of H-pyrrole nitrogens is 1. The predicted molar refractivity (Wildman–Crippen MR) is 97.4 cm³/mol. The second-order valence-electron chi connectivity index (χ2n) is 7.12. The number of alkyl halides is 2. The summed E-state index contributed by atoms with van der Waals surface area (Å²) in [5, 5.41) is 0. The Morgan fingerprint density at radius 2 is 1.93 bits per heavy atom. The average molecular weight is 385 g/mol. The van der Waals surface area contributed by atoms with E-state index in [4.69, 9.17) is 0 Å². The quantitative estimate of drug-likeness (QED) is 0.694. The van der Waals surface area contributed by atoms with Crippen molar-refractivity contribution < 1.29 is 18.4 Å². The largest absolute Gasteiger partial charge is 0.348 e. The Labute approximate surface area is 158 Å². The molecule has 0 aromatic carbocycles. The number of piperidine rings is 1. The molecule has 0 radical (unpaired) electrons. The molecule has 0 spiro atoms. The third kappa shape index (κ3) is 6.89. The van der Waals surface area contributed by atoms with Crippen LogP contribution in [0.4, 0.5) is 8.78 Å². The fourth-order valence-corrected chi connectivity index (χ4v) is 3.26. The van der Waals surface area contributed by atoms with E-state index in [0.29, 0.717) is 51.9 Å². The first-order valence-corrected chi connectivity index (χ1v) is 9.33. The molecule has 0 aliphatic carbocycles. The highest BCUT2D eigenvalue weighted by atomic mass is 19.3. The summed E-state index contributed by atoms with van der Waals surface area (Å²) in [6.45, 7) is 1.76. The molecule has 2 heterocycles. The molecule has 9 heteroatoms. The minimum Gasteiger partial charge on any atom is -0.348 e. The van der Waals surface area contributed by atoms with Crippen molar-refractivity contribution in [2.45, 2.75) is 32.1 Å². The first-order chi connectivity index (χ1) is 12.9. The van der Waals surface area contributed by atoms with Crippen LogP contribution in [0.15, 0.2) is 12.5 Å². The van der Waals surface area contributed by atoms with Crippen LogP contribution in [0.3, 0.4) is 0 Å². The molecule has 7 nitrogen and oxygen atoms in total. The van der Waals surface area contributed by atoms with Crippen LogP contribution in [-0.4, -0.2) is 89.7 Å². The van der Waals surface area contributed by atoms with E-state index in [1.807, 2.05) is 0 Å². The smallest absolute Gasteiger partial charge is 0.251 e. The van der Waals surface area contributed by atoms with Gasteiger partial charge >= 0.3 is 0 Å². The molecule has 1 aromatic rings. The number of aryl methyl sites for hydroxylation is 1. The van der Waals surface area contributed by atoms with Crippen molar-refractivity contribution in [2.75, 3.05) is 46.8 Å². The number of hydrogen-bond donors (Lipinski definition) is 1. The summed E-state index contributed by atoms with van der Waals surface area (Å²) >= 11 is 0. The van der Waals surface area contributed by atoms with Crippen LogP contribution in [-0.2, 0) is 16.0 Å². The number of aromatic nitrogens is 2. The van der Waals surface area contributed by atoms with Gasteiger partial charge in [0.2, 0.25) is 11.8 Å². The molecule has 0 atom stereocenters. The van der Waals surface area contributed by atoms with E-state index >= 15 is 0 Å². The summed E-state index contributed by atoms with van der Waals surface area (Å²) in [6, 6.07) is 0. The van der Waals surface area contributed by atoms with Gasteiger partial charge in [-0.2, -0.15) is 0 Å². The maximum absolute atomic E-state index is 12.5. The van der Waals surface area contributed by atoms with Gasteiger partial charge in [-0.3, -0.25) is 14.5 Å². The standard InChI is InChI=1S/C18H29F2N5O2/c1-23(17(26)4-3-15-11-21-13-22-15)9-10-24(2)18(27)14-5-7-25(8-6-14)12-16(19)20/h11,13-14,16H,3-10,12H2,1-2H3,(H,21,22). The Kier molecular flexibility index (Phi) is 8.15. The number of hydrogen-bond acceptors (Lipinski definition) is 4. The van der Waals surface area contributed by atoms with Crippen molar-refractivity contribution in [1.82, 2.24) is 24.7 Å². The molecule has 0 unspecified atom stereocenters. The van der Waals surface area contributed by atoms with Crippen LogP contribution in [0.1, 0.15) is 25.0 Å². The van der Waals surface area contributed by atoms with Gasteiger partial charge in [-0.05, 0) is 32.4 Å². The van der Waals surface area contributed by atoms with Crippen molar-refractivity contribution in [1.29, 1.82) is 0 Å². The second-order valence-corrected chi connectivity index (χ2v) is 7.12. The van der Waals surface area contributed by atoms with Crippen LogP contribution in [0.2, 0.25) is 0 Å². The van der Waals surface area contributed by atoms with Gasteiger partial charge < -0.3 is 14.8 Å². The molecule has 2 rings (SSSR count). The van der Waals surface area contributed by atoms with Crippen molar-refractivity contribution in [3.8, 4) is 0 Å². The van der Waals surface area contributed by atoms with E-state index in [0.717, 1.165) is 5.69 Å². The molecular formula is C18H29F2N5O2. The Hall–Kier alpha value is -2.03. The number of amides is 2. The molecule has 0 bridgehead atoms. The molecular weight excluding hydrogens is 356 g/mol. The minimum absolute atomic E-state index is 0.0192. The number of nitrogens with one attached hydrogen (secondary N) is 1. The number of aromatic amines is 1. The number of rotatable bonds is 9. The topological polar surface area (TPSA) is 72.5 Å². The van der Waals surface area contributed by atoms with Crippen LogP contribution in [0, 0.1) is 5.92 Å². The van der Waals surface area contributed by atoms with Crippen molar-refractivity contribution in [2.24, 2.45) is 5.92 Å². The predicted octanol–water partition coefficient (Wildman–Crippen LogP) is 1.24. The van der Waals surface area contributed by atoms with E-state index in [1.54, 1.807) is 41.3 Å². The Balaban J connectivity index is 1.67. The molecule has 2 amide bonds. The van der Waals surface area contributed by atoms with Crippen LogP contribution in [0.25, 0.3) is 0 Å². The molecule has 1 aliphatic rings. The molecule has 1 N–H and O–H groups in total. The van der Waals surface area contributed by atoms with E-state index in [2.05, 4.69) is 9.97 Å². The highest BCUT2D eigenvalue weighted by molar-refractivity contribution is 5.79. The average Bonchev–Trinajstić information content (AvgIpc) is 3.17. The lowest BCUT2D eigenvalue weighted by Crippen LogP contribution is -2.44. The minimum atomic E-state index is -2.33. The van der Waals surface area contributed by atoms with E-state index in [1.165, 1.54) is 0 Å². The van der Waals surface area contributed by atoms with Crippen molar-refractivity contribution in [3.05, 3.63) is 18.2 Å². The van der Waals surface area contributed by atoms with Gasteiger partial charge in [0.25, 0.3) is 6.43 Å². The van der Waals surface area contributed by atoms with Crippen LogP contribution < -0.4 is 0 Å². The van der Waals surface area contributed by atoms with Gasteiger partial charge in [0.1, 0.15) is 0 Å². The van der Waals surface area contributed by atoms with Crippen molar-refractivity contribution >= 4 is 11.8 Å². The first-order valence-electron chi connectivity index (χ1n) is 9.33. The number of nitrogens with zero attached hydrogens (tertiary/aromatic N) is 4. The van der Waals surface area contributed by atoms with E-state index in [9.17, 15) is 18.4 Å². The summed E-state index contributed by atoms with van der Waals surface area (Å²) in [5.74, 6) is -0.0685. The summed E-state index contributed by atoms with van der Waals surface area (Å²) in [6.07, 6.45) is 3.16. The van der Waals surface area contributed by atoms with E-state index < -0.39 is 6.43 Å². The van der Waals surface area contributed by atoms with E-state index in [-0.39, 0.29) is 24.3 Å². The molecule has 1 fully saturated rings. The van der Waals surface area contributed by atoms with Gasteiger partial charge in [-0.1, -0.05) is 0 Å². The summed E-state index contributed by atoms with van der Waals surface area (Å²) in [7, 11) is 3.47. The molecule has 1 aromatic heterocycles. The maximum atomic E-state index is 12.5. The number of carbonyl (C=O) groups excluding carboxylic acids is 2. The molecule has 1 aliphatic heterocycles. The van der Waals surface area contributed by atoms with Gasteiger partial charge in [0.05, 0.1) is 12.9 Å². The zero-order valence-corrected chi connectivity index (χ0v) is 16.0. The fourth-order valence-electron chi connectivity index (χ4n) is 3.26. The normalized spacial score (nSPS) is 15.9. The van der Waals surface area contributed by atoms with Gasteiger partial charge in [-0.15, -0.1) is 0 Å². The maximum Gasteiger partial charge on any atom is 0.251 e. The summed E-state index contributed by atoms with van der Waals surface area (Å²) in [5.41, 5.74) is 0.919. The van der Waals surface area contributed by atoms with Crippen LogP contribution in [0.5, 0.6) is 0 Å². The Morgan fingerprint density at radius 1 is 1.26 bits per heavy atom.